The number of fused-ring (bicyclic) bond motifs is 1. The lowest BCUT2D eigenvalue weighted by Gasteiger charge is -2.30. The third-order valence-corrected chi connectivity index (χ3v) is 7.74. The zero-order valence-corrected chi connectivity index (χ0v) is 22.8. The van der Waals surface area contributed by atoms with Gasteiger partial charge in [-0.1, -0.05) is 42.5 Å². The monoisotopic (exact) mass is 562 g/mol. The van der Waals surface area contributed by atoms with Gasteiger partial charge in [0, 0.05) is 51.8 Å². The van der Waals surface area contributed by atoms with Crippen LogP contribution in [0.15, 0.2) is 92.0 Å². The number of benzene rings is 2. The second-order valence-corrected chi connectivity index (χ2v) is 10.6. The highest BCUT2D eigenvalue weighted by molar-refractivity contribution is 6.32. The van der Waals surface area contributed by atoms with Gasteiger partial charge in [0.2, 0.25) is 5.91 Å². The number of nitrogens with zero attached hydrogens (tertiary/aromatic N) is 3. The molecule has 2 heterocycles. The quantitative estimate of drug-likeness (QED) is 0.237. The van der Waals surface area contributed by atoms with Gasteiger partial charge in [-0.05, 0) is 77.9 Å². The third kappa shape index (κ3) is 5.52. The van der Waals surface area contributed by atoms with E-state index in [1.165, 1.54) is 30.8 Å². The molecule has 8 nitrogen and oxygen atoms in total. The Morgan fingerprint density at radius 1 is 1.02 bits per heavy atom. The Hall–Kier alpha value is -4.66. The van der Waals surface area contributed by atoms with E-state index in [-0.39, 0.29) is 17.7 Å². The lowest BCUT2D eigenvalue weighted by Crippen LogP contribution is -2.25. The van der Waals surface area contributed by atoms with Crippen molar-refractivity contribution < 1.29 is 9.59 Å². The van der Waals surface area contributed by atoms with Crippen LogP contribution in [0.2, 0.25) is 5.02 Å². The van der Waals surface area contributed by atoms with Gasteiger partial charge in [-0.2, -0.15) is 0 Å². The summed E-state index contributed by atoms with van der Waals surface area (Å²) < 4.78 is 0. The minimum Gasteiger partial charge on any atom is -0.323 e. The van der Waals surface area contributed by atoms with E-state index in [4.69, 9.17) is 17.3 Å². The largest absolute Gasteiger partial charge is 0.323 e. The van der Waals surface area contributed by atoms with Gasteiger partial charge in [0.25, 0.3) is 5.91 Å². The predicted octanol–water partition coefficient (Wildman–Crippen LogP) is 6.01. The lowest BCUT2D eigenvalue weighted by molar-refractivity contribution is -0.111. The molecule has 2 aliphatic carbocycles. The summed E-state index contributed by atoms with van der Waals surface area (Å²) in [5.74, 6) is 0.162. The number of carbonyl (C=O) groups is 2. The average Bonchev–Trinajstić information content (AvgIpc) is 3.84. The topological polar surface area (TPSA) is 123 Å². The molecule has 4 aromatic rings. The molecule has 2 amide bonds. The predicted molar refractivity (Wildman–Crippen MR) is 160 cm³/mol. The van der Waals surface area contributed by atoms with Crippen molar-refractivity contribution in [3.63, 3.8) is 0 Å². The first-order chi connectivity index (χ1) is 19.9. The van der Waals surface area contributed by atoms with Crippen LogP contribution < -0.4 is 16.4 Å². The van der Waals surface area contributed by atoms with Crippen molar-refractivity contribution in [1.29, 1.82) is 0 Å². The normalized spacial score (nSPS) is 17.7. The SMILES string of the molecule is C=CC(=O)Nc1cccc(C2=CC(c3ccc(C(=O)Nc4cc(C5CC5)ccn4)cc3Cl)C(N)c3cncnc32)c1. The zero-order chi connectivity index (χ0) is 28.5. The minimum absolute atomic E-state index is 0.291. The number of halogens is 1. The molecule has 41 heavy (non-hydrogen) atoms. The number of nitrogens with two attached hydrogens (primary N) is 1. The summed E-state index contributed by atoms with van der Waals surface area (Å²) in [5, 5.41) is 6.10. The van der Waals surface area contributed by atoms with Crippen LogP contribution in [0.4, 0.5) is 11.5 Å². The maximum Gasteiger partial charge on any atom is 0.256 e. The Balaban J connectivity index is 1.31. The van der Waals surface area contributed by atoms with Gasteiger partial charge in [0.1, 0.15) is 12.1 Å². The summed E-state index contributed by atoms with van der Waals surface area (Å²) in [6.07, 6.45) is 10.5. The van der Waals surface area contributed by atoms with Gasteiger partial charge in [0.05, 0.1) is 5.69 Å². The maximum atomic E-state index is 13.0. The lowest BCUT2D eigenvalue weighted by atomic mass is 9.78. The highest BCUT2D eigenvalue weighted by Gasteiger charge is 2.31. The van der Waals surface area contributed by atoms with Crippen molar-refractivity contribution in [3.8, 4) is 0 Å². The Morgan fingerprint density at radius 3 is 2.66 bits per heavy atom. The molecule has 0 bridgehead atoms. The molecule has 2 aromatic carbocycles. The summed E-state index contributed by atoms with van der Waals surface area (Å²) in [7, 11) is 0. The van der Waals surface area contributed by atoms with Crippen LogP contribution in [-0.4, -0.2) is 26.8 Å². The number of carbonyl (C=O) groups excluding carboxylic acids is 2. The smallest absolute Gasteiger partial charge is 0.256 e. The molecule has 1 saturated carbocycles. The number of pyridine rings is 1. The second kappa shape index (κ2) is 11.1. The second-order valence-electron chi connectivity index (χ2n) is 10.2. The fourth-order valence-electron chi connectivity index (χ4n) is 5.15. The molecule has 2 atom stereocenters. The van der Waals surface area contributed by atoms with E-state index < -0.39 is 6.04 Å². The molecule has 0 radical (unpaired) electrons. The molecule has 0 spiro atoms. The van der Waals surface area contributed by atoms with Crippen LogP contribution in [-0.2, 0) is 4.79 Å². The molecule has 2 unspecified atom stereocenters. The molecule has 1 fully saturated rings. The molecule has 0 saturated heterocycles. The maximum absolute atomic E-state index is 13.0. The summed E-state index contributed by atoms with van der Waals surface area (Å²) in [5.41, 5.74) is 12.9. The average molecular weight is 563 g/mol. The van der Waals surface area contributed by atoms with E-state index in [9.17, 15) is 9.59 Å². The number of rotatable bonds is 7. The van der Waals surface area contributed by atoms with E-state index in [0.717, 1.165) is 22.3 Å². The van der Waals surface area contributed by atoms with Crippen LogP contribution >= 0.6 is 11.6 Å². The van der Waals surface area contributed by atoms with Crippen molar-refractivity contribution >= 4 is 40.5 Å². The molecule has 4 N–H and O–H groups in total. The molecule has 6 rings (SSSR count). The van der Waals surface area contributed by atoms with E-state index in [1.54, 1.807) is 30.6 Å². The first-order valence-corrected chi connectivity index (χ1v) is 13.7. The summed E-state index contributed by atoms with van der Waals surface area (Å²) in [6.45, 7) is 3.51. The number of hydrogen-bond donors (Lipinski definition) is 3. The van der Waals surface area contributed by atoms with Crippen LogP contribution in [0, 0.1) is 0 Å². The molecular weight excluding hydrogens is 536 g/mol. The number of nitrogens with one attached hydrogen (secondary N) is 2. The van der Waals surface area contributed by atoms with Gasteiger partial charge in [-0.3, -0.25) is 9.59 Å². The van der Waals surface area contributed by atoms with Crippen molar-refractivity contribution in [1.82, 2.24) is 15.0 Å². The van der Waals surface area contributed by atoms with Gasteiger partial charge >= 0.3 is 0 Å². The fraction of sp³-hybridized carbons (Fsp3) is 0.156. The Morgan fingerprint density at radius 2 is 1.88 bits per heavy atom. The summed E-state index contributed by atoms with van der Waals surface area (Å²) in [4.78, 5) is 38.0. The fourth-order valence-corrected chi connectivity index (χ4v) is 5.46. The van der Waals surface area contributed by atoms with Crippen molar-refractivity contribution in [2.75, 3.05) is 10.6 Å². The summed E-state index contributed by atoms with van der Waals surface area (Å²) >= 11 is 6.80. The Labute approximate surface area is 242 Å². The number of amides is 2. The molecule has 0 aliphatic heterocycles. The van der Waals surface area contributed by atoms with Gasteiger partial charge in [-0.25, -0.2) is 15.0 Å². The van der Waals surface area contributed by atoms with Crippen LogP contribution in [0.5, 0.6) is 0 Å². The van der Waals surface area contributed by atoms with Crippen molar-refractivity contribution in [3.05, 3.63) is 131 Å². The highest BCUT2D eigenvalue weighted by Crippen LogP contribution is 2.44. The minimum atomic E-state index is -0.467. The first-order valence-electron chi connectivity index (χ1n) is 13.3. The van der Waals surface area contributed by atoms with E-state index >= 15 is 0 Å². The van der Waals surface area contributed by atoms with Crippen LogP contribution in [0.25, 0.3) is 5.57 Å². The zero-order valence-electron chi connectivity index (χ0n) is 22.0. The standard InChI is InChI=1S/C32H27ClN6O2/c1-2-29(40)38-22-5-3-4-20(12-22)24-15-25(30(34)26-16-35-17-37-31(24)26)23-9-8-21(13-27(23)33)32(41)39-28-14-19(10-11-36-28)18-6-7-18/h2-5,8-18,25,30H,1,6-7,34H2,(H,38,40)(H,36,39,41). The van der Waals surface area contributed by atoms with E-state index in [1.807, 2.05) is 42.5 Å². The van der Waals surface area contributed by atoms with Gasteiger partial charge in [-0.15, -0.1) is 0 Å². The van der Waals surface area contributed by atoms with Crippen molar-refractivity contribution in [2.24, 2.45) is 5.73 Å². The first kappa shape index (κ1) is 26.6. The number of anilines is 2. The molecule has 2 aromatic heterocycles. The molecule has 2 aliphatic rings. The van der Waals surface area contributed by atoms with Gasteiger partial charge in [0.15, 0.2) is 0 Å². The van der Waals surface area contributed by atoms with E-state index in [0.29, 0.717) is 33.7 Å². The van der Waals surface area contributed by atoms with Gasteiger partial charge < -0.3 is 16.4 Å². The molecule has 9 heteroatoms. The van der Waals surface area contributed by atoms with Crippen LogP contribution in [0.3, 0.4) is 0 Å². The number of hydrogen-bond acceptors (Lipinski definition) is 6. The highest BCUT2D eigenvalue weighted by atomic mass is 35.5. The molecular formula is C32H27ClN6O2. The third-order valence-electron chi connectivity index (χ3n) is 7.41. The Kier molecular flexibility index (Phi) is 7.17. The van der Waals surface area contributed by atoms with E-state index in [2.05, 4.69) is 32.2 Å². The summed E-state index contributed by atoms with van der Waals surface area (Å²) in [6, 6.07) is 16.1. The van der Waals surface area contributed by atoms with Crippen molar-refractivity contribution in [2.45, 2.75) is 30.7 Å². The number of aromatic nitrogens is 3. The van der Waals surface area contributed by atoms with Crippen LogP contribution in [0.1, 0.15) is 69.0 Å². The Bertz CT molecular complexity index is 1710. The molecule has 204 valence electrons.